The number of nitrogens with one attached hydrogen (secondary N) is 1. The summed E-state index contributed by atoms with van der Waals surface area (Å²) in [6, 6.07) is 12.0. The van der Waals surface area contributed by atoms with E-state index in [1.54, 1.807) is 13.0 Å². The van der Waals surface area contributed by atoms with Crippen LogP contribution >= 0.6 is 11.6 Å². The van der Waals surface area contributed by atoms with Gasteiger partial charge in [0.15, 0.2) is 0 Å². The lowest BCUT2D eigenvalue weighted by Crippen LogP contribution is -2.40. The molecular formula is C24H28ClFN2O2. The van der Waals surface area contributed by atoms with E-state index in [2.05, 4.69) is 5.32 Å². The number of piperidine rings is 1. The molecule has 1 unspecified atom stereocenters. The average molecular weight is 431 g/mol. The molecule has 3 rings (SSSR count). The van der Waals surface area contributed by atoms with Crippen LogP contribution in [0.15, 0.2) is 42.5 Å². The molecule has 0 aromatic heterocycles. The van der Waals surface area contributed by atoms with Crippen LogP contribution in [-0.4, -0.2) is 29.8 Å². The number of carbonyl (C=O) groups excluding carboxylic acids is 2. The number of benzene rings is 2. The van der Waals surface area contributed by atoms with Gasteiger partial charge in [-0.05, 0) is 80.0 Å². The lowest BCUT2D eigenvalue weighted by molar-refractivity contribution is -0.133. The molecule has 1 saturated heterocycles. The van der Waals surface area contributed by atoms with Crippen molar-refractivity contribution in [1.82, 2.24) is 4.90 Å². The molecule has 0 radical (unpaired) electrons. The minimum absolute atomic E-state index is 0.0749. The number of aryl methyl sites for hydroxylation is 2. The molecule has 4 nitrogen and oxygen atoms in total. The number of amides is 2. The fraction of sp³-hybridized carbons (Fsp3) is 0.417. The maximum atomic E-state index is 13.2. The van der Waals surface area contributed by atoms with Gasteiger partial charge in [0.2, 0.25) is 11.8 Å². The molecule has 2 aromatic carbocycles. The Morgan fingerprint density at radius 3 is 2.80 bits per heavy atom. The number of hydrogen-bond donors (Lipinski definition) is 1. The van der Waals surface area contributed by atoms with Crippen molar-refractivity contribution in [2.45, 2.75) is 45.4 Å². The quantitative estimate of drug-likeness (QED) is 0.641. The molecular weight excluding hydrogens is 403 g/mol. The lowest BCUT2D eigenvalue weighted by Gasteiger charge is -2.33. The number of nitrogens with zero attached hydrogens (tertiary/aromatic N) is 1. The summed E-state index contributed by atoms with van der Waals surface area (Å²) < 4.78 is 13.2. The smallest absolute Gasteiger partial charge is 0.224 e. The highest BCUT2D eigenvalue weighted by Crippen LogP contribution is 2.23. The van der Waals surface area contributed by atoms with E-state index in [1.807, 2.05) is 29.2 Å². The van der Waals surface area contributed by atoms with Crippen LogP contribution in [0.1, 0.15) is 43.2 Å². The zero-order valence-electron chi connectivity index (χ0n) is 17.3. The molecule has 1 fully saturated rings. The highest BCUT2D eigenvalue weighted by Gasteiger charge is 2.24. The summed E-state index contributed by atoms with van der Waals surface area (Å²) >= 11 is 6.01. The van der Waals surface area contributed by atoms with Crippen LogP contribution in [0, 0.1) is 18.7 Å². The molecule has 2 aromatic rings. The first kappa shape index (κ1) is 22.3. The number of carbonyl (C=O) groups is 2. The zero-order chi connectivity index (χ0) is 21.5. The van der Waals surface area contributed by atoms with Crippen molar-refractivity contribution in [3.8, 4) is 0 Å². The summed E-state index contributed by atoms with van der Waals surface area (Å²) in [5.41, 5.74) is 2.41. The number of halogens is 2. The molecule has 1 heterocycles. The Balaban J connectivity index is 1.43. The van der Waals surface area contributed by atoms with Gasteiger partial charge in [-0.25, -0.2) is 4.39 Å². The van der Waals surface area contributed by atoms with Gasteiger partial charge in [0.05, 0.1) is 0 Å². The van der Waals surface area contributed by atoms with Gasteiger partial charge in [-0.15, -0.1) is 0 Å². The van der Waals surface area contributed by atoms with Gasteiger partial charge >= 0.3 is 0 Å². The summed E-state index contributed by atoms with van der Waals surface area (Å²) in [6.45, 7) is 3.26. The van der Waals surface area contributed by atoms with Gasteiger partial charge in [0.25, 0.3) is 0 Å². The van der Waals surface area contributed by atoms with Crippen molar-refractivity contribution in [3.63, 3.8) is 0 Å². The summed E-state index contributed by atoms with van der Waals surface area (Å²) in [5.74, 6) is 0.0990. The first-order valence-electron chi connectivity index (χ1n) is 10.5. The monoisotopic (exact) mass is 430 g/mol. The van der Waals surface area contributed by atoms with Gasteiger partial charge < -0.3 is 10.2 Å². The second kappa shape index (κ2) is 10.6. The maximum Gasteiger partial charge on any atom is 0.224 e. The molecule has 160 valence electrons. The van der Waals surface area contributed by atoms with E-state index >= 15 is 0 Å². The van der Waals surface area contributed by atoms with Crippen molar-refractivity contribution >= 4 is 29.1 Å². The highest BCUT2D eigenvalue weighted by atomic mass is 35.5. The fourth-order valence-corrected chi connectivity index (χ4v) is 4.16. The number of anilines is 1. The molecule has 2 amide bonds. The van der Waals surface area contributed by atoms with Crippen molar-refractivity contribution in [2.75, 3.05) is 18.4 Å². The Kier molecular flexibility index (Phi) is 7.86. The van der Waals surface area contributed by atoms with E-state index in [0.717, 1.165) is 31.4 Å². The predicted octanol–water partition coefficient (Wildman–Crippen LogP) is 5.38. The van der Waals surface area contributed by atoms with E-state index in [0.29, 0.717) is 48.0 Å². The number of likely N-dealkylation sites (tertiary alicyclic amines) is 1. The van der Waals surface area contributed by atoms with Crippen molar-refractivity contribution < 1.29 is 14.0 Å². The Hall–Kier alpha value is -2.40. The van der Waals surface area contributed by atoms with Crippen molar-refractivity contribution in [1.29, 1.82) is 0 Å². The standard InChI is InChI=1S/C24H28ClFN2O2/c1-17-14-21(26)9-10-22(17)27-23(29)11-7-19-5-3-13-28(16-19)24(30)12-8-18-4-2-6-20(25)15-18/h2,4,6,9-10,14-15,19H,3,5,7-8,11-13,16H2,1H3,(H,27,29). The first-order valence-corrected chi connectivity index (χ1v) is 10.9. The van der Waals surface area contributed by atoms with Crippen LogP contribution in [0.4, 0.5) is 10.1 Å². The van der Waals surface area contributed by atoms with Crippen LogP contribution in [0.25, 0.3) is 0 Å². The Morgan fingerprint density at radius 1 is 1.20 bits per heavy atom. The van der Waals surface area contributed by atoms with Crippen LogP contribution in [0.5, 0.6) is 0 Å². The van der Waals surface area contributed by atoms with Crippen LogP contribution in [0.2, 0.25) is 5.02 Å². The third-order valence-electron chi connectivity index (χ3n) is 5.63. The first-order chi connectivity index (χ1) is 14.4. The third-order valence-corrected chi connectivity index (χ3v) is 5.87. The molecule has 0 spiro atoms. The van der Waals surface area contributed by atoms with Gasteiger partial charge in [-0.2, -0.15) is 0 Å². The second-order valence-corrected chi connectivity index (χ2v) is 8.46. The highest BCUT2D eigenvalue weighted by molar-refractivity contribution is 6.30. The van der Waals surface area contributed by atoms with Crippen LogP contribution in [-0.2, 0) is 16.0 Å². The van der Waals surface area contributed by atoms with Crippen molar-refractivity contribution in [3.05, 3.63) is 64.4 Å². The van der Waals surface area contributed by atoms with Gasteiger partial charge in [-0.1, -0.05) is 23.7 Å². The summed E-state index contributed by atoms with van der Waals surface area (Å²) in [4.78, 5) is 26.9. The molecule has 1 atom stereocenters. The van der Waals surface area contributed by atoms with E-state index in [4.69, 9.17) is 11.6 Å². The summed E-state index contributed by atoms with van der Waals surface area (Å²) in [7, 11) is 0. The Bertz CT molecular complexity index is 903. The molecule has 0 bridgehead atoms. The molecule has 0 saturated carbocycles. The minimum Gasteiger partial charge on any atom is -0.342 e. The van der Waals surface area contributed by atoms with E-state index in [-0.39, 0.29) is 17.6 Å². The van der Waals surface area contributed by atoms with Crippen molar-refractivity contribution in [2.24, 2.45) is 5.92 Å². The fourth-order valence-electron chi connectivity index (χ4n) is 3.94. The normalized spacial score (nSPS) is 16.4. The predicted molar refractivity (Wildman–Crippen MR) is 118 cm³/mol. The molecule has 0 aliphatic carbocycles. The van der Waals surface area contributed by atoms with Gasteiger partial charge in [-0.3, -0.25) is 9.59 Å². The zero-order valence-corrected chi connectivity index (χ0v) is 18.1. The third kappa shape index (κ3) is 6.56. The largest absolute Gasteiger partial charge is 0.342 e. The molecule has 1 aliphatic rings. The van der Waals surface area contributed by atoms with Gasteiger partial charge in [0.1, 0.15) is 5.82 Å². The maximum absolute atomic E-state index is 13.2. The summed E-state index contributed by atoms with van der Waals surface area (Å²) in [6.07, 6.45) is 4.28. The molecule has 1 N–H and O–H groups in total. The minimum atomic E-state index is -0.312. The Morgan fingerprint density at radius 2 is 2.03 bits per heavy atom. The average Bonchev–Trinajstić information content (AvgIpc) is 2.73. The lowest BCUT2D eigenvalue weighted by atomic mass is 9.93. The number of hydrogen-bond acceptors (Lipinski definition) is 2. The van der Waals surface area contributed by atoms with E-state index in [1.165, 1.54) is 12.1 Å². The van der Waals surface area contributed by atoms with Crippen LogP contribution in [0.3, 0.4) is 0 Å². The molecule has 6 heteroatoms. The second-order valence-electron chi connectivity index (χ2n) is 8.02. The van der Waals surface area contributed by atoms with Crippen LogP contribution < -0.4 is 5.32 Å². The SMILES string of the molecule is Cc1cc(F)ccc1NC(=O)CCC1CCCN(C(=O)CCc2cccc(Cl)c2)C1. The number of rotatable bonds is 7. The summed E-state index contributed by atoms with van der Waals surface area (Å²) in [5, 5.41) is 3.54. The molecule has 1 aliphatic heterocycles. The van der Waals surface area contributed by atoms with Gasteiger partial charge in [0, 0.05) is 36.6 Å². The topological polar surface area (TPSA) is 49.4 Å². The Labute approximate surface area is 182 Å². The molecule has 30 heavy (non-hydrogen) atoms. The van der Waals surface area contributed by atoms with E-state index < -0.39 is 0 Å². The van der Waals surface area contributed by atoms with E-state index in [9.17, 15) is 14.0 Å².